The Morgan fingerprint density at radius 2 is 1.47 bits per heavy atom. The van der Waals surface area contributed by atoms with Gasteiger partial charge >= 0.3 is 5.97 Å². The van der Waals surface area contributed by atoms with E-state index in [4.69, 9.17) is 5.11 Å². The van der Waals surface area contributed by atoms with E-state index in [9.17, 15) is 9.90 Å². The van der Waals surface area contributed by atoms with Gasteiger partial charge in [0.05, 0.1) is 6.10 Å². The van der Waals surface area contributed by atoms with Crippen LogP contribution >= 0.6 is 0 Å². The van der Waals surface area contributed by atoms with Gasteiger partial charge in [0.15, 0.2) is 0 Å². The molecule has 0 bridgehead atoms. The smallest absolute Gasteiger partial charge is 0.313 e. The highest BCUT2D eigenvalue weighted by atomic mass is 16.4. The number of benzene rings is 2. The minimum Gasteiger partial charge on any atom is -0.481 e. The maximum Gasteiger partial charge on any atom is 0.313 e. The Bertz CT molecular complexity index is 544. The predicted octanol–water partition coefficient (Wildman–Crippen LogP) is 2.90. The summed E-state index contributed by atoms with van der Waals surface area (Å²) in [5, 5.41) is 18.7. The van der Waals surface area contributed by atoms with Gasteiger partial charge in [0, 0.05) is 0 Å². The van der Waals surface area contributed by atoms with Gasteiger partial charge < -0.3 is 10.2 Å². The van der Waals surface area contributed by atoms with Crippen LogP contribution < -0.4 is 0 Å². The molecule has 2 N–H and O–H groups in total. The normalized spacial score (nSPS) is 13.8. The van der Waals surface area contributed by atoms with Crippen molar-refractivity contribution in [2.45, 2.75) is 18.9 Å². The van der Waals surface area contributed by atoms with Crippen molar-refractivity contribution in [3.63, 3.8) is 0 Å². The highest BCUT2D eigenvalue weighted by Crippen LogP contribution is 2.24. The van der Waals surface area contributed by atoms with E-state index < -0.39 is 18.0 Å². The van der Waals surface area contributed by atoms with E-state index in [2.05, 4.69) is 0 Å². The van der Waals surface area contributed by atoms with Crippen LogP contribution in [0.5, 0.6) is 0 Å². The molecular weight excluding hydrogens is 240 g/mol. The summed E-state index contributed by atoms with van der Waals surface area (Å²) in [5.41, 5.74) is 2.72. The van der Waals surface area contributed by atoms with Gasteiger partial charge in [-0.15, -0.1) is 0 Å². The molecule has 2 aromatic carbocycles. The van der Waals surface area contributed by atoms with Crippen LogP contribution in [0.15, 0.2) is 54.6 Å². The lowest BCUT2D eigenvalue weighted by Gasteiger charge is -2.16. The Morgan fingerprint density at radius 1 is 0.947 bits per heavy atom. The molecule has 3 nitrogen and oxygen atoms in total. The van der Waals surface area contributed by atoms with Gasteiger partial charge in [-0.05, 0) is 23.6 Å². The van der Waals surface area contributed by atoms with Gasteiger partial charge in [0.2, 0.25) is 0 Å². The molecule has 0 saturated heterocycles. The molecule has 2 aromatic rings. The molecule has 0 spiro atoms. The van der Waals surface area contributed by atoms with Gasteiger partial charge in [0.1, 0.15) is 5.92 Å². The first-order chi connectivity index (χ1) is 9.09. The van der Waals surface area contributed by atoms with Gasteiger partial charge in [-0.2, -0.15) is 0 Å². The van der Waals surface area contributed by atoms with Crippen molar-refractivity contribution in [2.75, 3.05) is 0 Å². The number of carboxylic acid groups (broad SMARTS) is 1. The van der Waals surface area contributed by atoms with Crippen LogP contribution in [0, 0.1) is 0 Å². The molecule has 0 heterocycles. The van der Waals surface area contributed by atoms with Crippen LogP contribution in [-0.4, -0.2) is 22.3 Å². The SMILES string of the molecule is CC(O)C(C(=O)O)c1ccc(-c2ccccc2)cc1. The Balaban J connectivity index is 2.30. The van der Waals surface area contributed by atoms with E-state index in [1.807, 2.05) is 42.5 Å². The molecule has 0 radical (unpaired) electrons. The lowest BCUT2D eigenvalue weighted by Crippen LogP contribution is -2.23. The standard InChI is InChI=1S/C16H16O3/c1-11(17)15(16(18)19)14-9-7-13(8-10-14)12-5-3-2-4-6-12/h2-11,15,17H,1H3,(H,18,19). The summed E-state index contributed by atoms with van der Waals surface area (Å²) in [4.78, 5) is 11.1. The van der Waals surface area contributed by atoms with E-state index in [0.717, 1.165) is 11.1 Å². The Labute approximate surface area is 112 Å². The number of aliphatic hydroxyl groups excluding tert-OH is 1. The van der Waals surface area contributed by atoms with Crippen LogP contribution in [0.1, 0.15) is 18.4 Å². The summed E-state index contributed by atoms with van der Waals surface area (Å²) in [6.45, 7) is 1.49. The molecule has 0 aliphatic carbocycles. The Hall–Kier alpha value is -2.13. The number of carbonyl (C=O) groups is 1. The summed E-state index contributed by atoms with van der Waals surface area (Å²) < 4.78 is 0. The summed E-state index contributed by atoms with van der Waals surface area (Å²) >= 11 is 0. The average Bonchev–Trinajstić information content (AvgIpc) is 2.40. The van der Waals surface area contributed by atoms with Gasteiger partial charge in [0.25, 0.3) is 0 Å². The first kappa shape index (κ1) is 13.3. The van der Waals surface area contributed by atoms with E-state index in [1.54, 1.807) is 12.1 Å². The number of aliphatic carboxylic acids is 1. The molecular formula is C16H16O3. The minimum atomic E-state index is -1.01. The molecule has 2 atom stereocenters. The summed E-state index contributed by atoms with van der Waals surface area (Å²) in [6, 6.07) is 17.1. The maximum absolute atomic E-state index is 11.1. The zero-order valence-electron chi connectivity index (χ0n) is 10.7. The lowest BCUT2D eigenvalue weighted by molar-refractivity contribution is -0.141. The summed E-state index contributed by atoms with van der Waals surface area (Å²) in [7, 11) is 0. The van der Waals surface area contributed by atoms with Crippen molar-refractivity contribution in [3.8, 4) is 11.1 Å². The third-order valence-corrected chi connectivity index (χ3v) is 3.13. The first-order valence-corrected chi connectivity index (χ1v) is 6.16. The number of carboxylic acids is 1. The zero-order valence-corrected chi connectivity index (χ0v) is 10.7. The van der Waals surface area contributed by atoms with E-state index in [1.165, 1.54) is 6.92 Å². The number of hydrogen-bond donors (Lipinski definition) is 2. The van der Waals surface area contributed by atoms with E-state index in [0.29, 0.717) is 5.56 Å². The molecule has 0 aliphatic rings. The molecule has 98 valence electrons. The van der Waals surface area contributed by atoms with Crippen LogP contribution in [0.25, 0.3) is 11.1 Å². The fourth-order valence-corrected chi connectivity index (χ4v) is 2.14. The fourth-order valence-electron chi connectivity index (χ4n) is 2.14. The van der Waals surface area contributed by atoms with Crippen LogP contribution in [0.3, 0.4) is 0 Å². The summed E-state index contributed by atoms with van der Waals surface area (Å²) in [6.07, 6.45) is -0.917. The summed E-state index contributed by atoms with van der Waals surface area (Å²) in [5.74, 6) is -1.90. The molecule has 2 rings (SSSR count). The van der Waals surface area contributed by atoms with Gasteiger partial charge in [-0.25, -0.2) is 0 Å². The van der Waals surface area contributed by atoms with Crippen molar-refractivity contribution >= 4 is 5.97 Å². The largest absolute Gasteiger partial charge is 0.481 e. The quantitative estimate of drug-likeness (QED) is 0.884. The Kier molecular flexibility index (Phi) is 3.97. The molecule has 0 aliphatic heterocycles. The van der Waals surface area contributed by atoms with Crippen molar-refractivity contribution in [3.05, 3.63) is 60.2 Å². The molecule has 2 unspecified atom stereocenters. The lowest BCUT2D eigenvalue weighted by atomic mass is 9.92. The Morgan fingerprint density at radius 3 is 1.95 bits per heavy atom. The fraction of sp³-hybridized carbons (Fsp3) is 0.188. The van der Waals surface area contributed by atoms with Crippen molar-refractivity contribution in [2.24, 2.45) is 0 Å². The van der Waals surface area contributed by atoms with Crippen LogP contribution in [-0.2, 0) is 4.79 Å². The average molecular weight is 256 g/mol. The molecule has 0 saturated carbocycles. The predicted molar refractivity (Wildman–Crippen MR) is 73.9 cm³/mol. The molecule has 3 heteroatoms. The molecule has 19 heavy (non-hydrogen) atoms. The zero-order chi connectivity index (χ0) is 13.8. The van der Waals surface area contributed by atoms with E-state index >= 15 is 0 Å². The van der Waals surface area contributed by atoms with Crippen molar-refractivity contribution in [1.82, 2.24) is 0 Å². The second-order valence-electron chi connectivity index (χ2n) is 4.54. The van der Waals surface area contributed by atoms with E-state index in [-0.39, 0.29) is 0 Å². The number of hydrogen-bond acceptors (Lipinski definition) is 2. The minimum absolute atomic E-state index is 0.613. The molecule has 0 aromatic heterocycles. The van der Waals surface area contributed by atoms with Crippen LogP contribution in [0.2, 0.25) is 0 Å². The highest BCUT2D eigenvalue weighted by Gasteiger charge is 2.24. The van der Waals surface area contributed by atoms with Gasteiger partial charge in [-0.3, -0.25) is 4.79 Å². The van der Waals surface area contributed by atoms with Crippen molar-refractivity contribution < 1.29 is 15.0 Å². The molecule has 0 fully saturated rings. The van der Waals surface area contributed by atoms with Gasteiger partial charge in [-0.1, -0.05) is 54.6 Å². The number of rotatable bonds is 4. The second-order valence-corrected chi connectivity index (χ2v) is 4.54. The number of aliphatic hydroxyl groups is 1. The monoisotopic (exact) mass is 256 g/mol. The molecule has 0 amide bonds. The third kappa shape index (κ3) is 3.01. The highest BCUT2D eigenvalue weighted by molar-refractivity contribution is 5.77. The topological polar surface area (TPSA) is 57.5 Å². The second kappa shape index (κ2) is 5.67. The third-order valence-electron chi connectivity index (χ3n) is 3.13. The first-order valence-electron chi connectivity index (χ1n) is 6.16. The van der Waals surface area contributed by atoms with Crippen LogP contribution in [0.4, 0.5) is 0 Å². The van der Waals surface area contributed by atoms with Crippen molar-refractivity contribution in [1.29, 1.82) is 0 Å². The maximum atomic E-state index is 11.1.